The van der Waals surface area contributed by atoms with E-state index in [-0.39, 0.29) is 0 Å². The Morgan fingerprint density at radius 3 is 2.17 bits per heavy atom. The van der Waals surface area contributed by atoms with Gasteiger partial charge in [-0.1, -0.05) is 18.1 Å². The SMILES string of the molecule is CC(C)N1CCC2(BC2C)CC1. The zero-order valence-corrected chi connectivity index (χ0v) is 8.64. The van der Waals surface area contributed by atoms with Gasteiger partial charge in [-0.3, -0.25) is 0 Å². The molecule has 2 heterocycles. The molecule has 0 amide bonds. The highest BCUT2D eigenvalue weighted by Gasteiger charge is 2.52. The van der Waals surface area contributed by atoms with Crippen molar-refractivity contribution >= 4 is 7.28 Å². The minimum Gasteiger partial charge on any atom is -0.301 e. The van der Waals surface area contributed by atoms with Crippen LogP contribution in [0.2, 0.25) is 11.1 Å². The van der Waals surface area contributed by atoms with Crippen LogP contribution >= 0.6 is 0 Å². The summed E-state index contributed by atoms with van der Waals surface area (Å²) in [6.45, 7) is 9.75. The predicted octanol–water partition coefficient (Wildman–Crippen LogP) is 1.91. The van der Waals surface area contributed by atoms with Crippen molar-refractivity contribution in [2.75, 3.05) is 13.1 Å². The van der Waals surface area contributed by atoms with E-state index >= 15 is 0 Å². The fraction of sp³-hybridized carbons (Fsp3) is 1.00. The topological polar surface area (TPSA) is 3.24 Å². The lowest BCUT2D eigenvalue weighted by Crippen LogP contribution is -2.37. The van der Waals surface area contributed by atoms with Gasteiger partial charge in [0.15, 0.2) is 0 Å². The van der Waals surface area contributed by atoms with Gasteiger partial charge in [0.05, 0.1) is 0 Å². The van der Waals surface area contributed by atoms with Gasteiger partial charge in [-0.25, -0.2) is 0 Å². The van der Waals surface area contributed by atoms with Gasteiger partial charge in [0.1, 0.15) is 7.28 Å². The summed E-state index contributed by atoms with van der Waals surface area (Å²) in [5, 5.41) is 0.811. The molecule has 2 fully saturated rings. The van der Waals surface area contributed by atoms with Crippen molar-refractivity contribution in [2.24, 2.45) is 0 Å². The van der Waals surface area contributed by atoms with Crippen molar-refractivity contribution in [2.45, 2.75) is 50.8 Å². The van der Waals surface area contributed by atoms with Crippen molar-refractivity contribution in [3.63, 3.8) is 0 Å². The standard InChI is InChI=1S/C10H20BN/c1-8(2)12-6-4-10(5-7-12)9(3)11-10/h8-9,11H,4-7H2,1-3H3. The summed E-state index contributed by atoms with van der Waals surface area (Å²) in [7, 11) is 1.51. The minimum atomic E-state index is 0.761. The third kappa shape index (κ3) is 1.30. The van der Waals surface area contributed by atoms with E-state index in [4.69, 9.17) is 0 Å². The lowest BCUT2D eigenvalue weighted by atomic mass is 9.79. The van der Waals surface area contributed by atoms with Gasteiger partial charge in [-0.15, -0.1) is 0 Å². The van der Waals surface area contributed by atoms with Crippen molar-refractivity contribution < 1.29 is 0 Å². The Kier molecular flexibility index (Phi) is 1.98. The maximum Gasteiger partial charge on any atom is 0.130 e. The summed E-state index contributed by atoms with van der Waals surface area (Å²) >= 11 is 0. The molecular weight excluding hydrogens is 145 g/mol. The van der Waals surface area contributed by atoms with Crippen molar-refractivity contribution in [3.8, 4) is 0 Å². The van der Waals surface area contributed by atoms with Crippen LogP contribution in [0.3, 0.4) is 0 Å². The Morgan fingerprint density at radius 2 is 1.83 bits per heavy atom. The molecule has 2 aliphatic rings. The molecule has 0 aromatic rings. The van der Waals surface area contributed by atoms with E-state index in [0.717, 1.165) is 17.2 Å². The number of likely N-dealkylation sites (tertiary alicyclic amines) is 1. The van der Waals surface area contributed by atoms with Crippen molar-refractivity contribution in [1.82, 2.24) is 4.90 Å². The van der Waals surface area contributed by atoms with Crippen LogP contribution in [0.4, 0.5) is 0 Å². The molecule has 0 N–H and O–H groups in total. The molecular formula is C10H20BN. The van der Waals surface area contributed by atoms with Crippen LogP contribution in [-0.2, 0) is 0 Å². The minimum absolute atomic E-state index is 0.761. The second-order valence-corrected chi connectivity index (χ2v) is 5.10. The molecule has 0 radical (unpaired) electrons. The van der Waals surface area contributed by atoms with Gasteiger partial charge >= 0.3 is 0 Å². The monoisotopic (exact) mass is 165 g/mol. The first-order valence-corrected chi connectivity index (χ1v) is 5.38. The predicted molar refractivity (Wildman–Crippen MR) is 55.2 cm³/mol. The van der Waals surface area contributed by atoms with Crippen LogP contribution < -0.4 is 0 Å². The largest absolute Gasteiger partial charge is 0.301 e. The zero-order chi connectivity index (χ0) is 8.77. The lowest BCUT2D eigenvalue weighted by molar-refractivity contribution is 0.167. The van der Waals surface area contributed by atoms with E-state index in [0.29, 0.717) is 0 Å². The van der Waals surface area contributed by atoms with Crippen LogP contribution in [0, 0.1) is 0 Å². The molecule has 1 spiro atoms. The highest BCUT2D eigenvalue weighted by atomic mass is 15.2. The van der Waals surface area contributed by atoms with E-state index in [2.05, 4.69) is 25.7 Å². The average Bonchev–Trinajstić information content (AvgIpc) is 2.62. The summed E-state index contributed by atoms with van der Waals surface area (Å²) in [5.41, 5.74) is 0. The molecule has 0 bridgehead atoms. The first kappa shape index (κ1) is 8.62. The Bertz CT molecular complexity index is 171. The number of rotatable bonds is 1. The maximum absolute atomic E-state index is 2.62. The first-order valence-electron chi connectivity index (χ1n) is 5.38. The quantitative estimate of drug-likeness (QED) is 0.536. The summed E-state index contributed by atoms with van der Waals surface area (Å²) in [6, 6.07) is 0.761. The van der Waals surface area contributed by atoms with E-state index in [9.17, 15) is 0 Å². The van der Waals surface area contributed by atoms with Gasteiger partial charge in [0.2, 0.25) is 0 Å². The summed E-state index contributed by atoms with van der Waals surface area (Å²) in [5.74, 6) is 1.03. The van der Waals surface area contributed by atoms with E-state index < -0.39 is 0 Å². The van der Waals surface area contributed by atoms with Crippen LogP contribution in [-0.4, -0.2) is 31.3 Å². The van der Waals surface area contributed by atoms with Gasteiger partial charge in [-0.05, 0) is 39.8 Å². The van der Waals surface area contributed by atoms with E-state index in [1.807, 2.05) is 0 Å². The summed E-state index contributed by atoms with van der Waals surface area (Å²) < 4.78 is 0. The second kappa shape index (κ2) is 2.76. The van der Waals surface area contributed by atoms with Crippen molar-refractivity contribution in [3.05, 3.63) is 0 Å². The molecule has 2 aliphatic heterocycles. The number of nitrogens with zero attached hydrogens (tertiary/aromatic N) is 1. The Hall–Kier alpha value is 0.0249. The average molecular weight is 165 g/mol. The lowest BCUT2D eigenvalue weighted by Gasteiger charge is -2.35. The smallest absolute Gasteiger partial charge is 0.130 e. The third-order valence-electron chi connectivity index (χ3n) is 4.12. The summed E-state index contributed by atoms with van der Waals surface area (Å²) in [4.78, 5) is 2.62. The second-order valence-electron chi connectivity index (χ2n) is 5.10. The molecule has 1 unspecified atom stereocenters. The summed E-state index contributed by atoms with van der Waals surface area (Å²) in [6.07, 6.45) is 2.93. The molecule has 0 saturated carbocycles. The van der Waals surface area contributed by atoms with Crippen LogP contribution in [0.15, 0.2) is 0 Å². The number of piperidine rings is 1. The highest BCUT2D eigenvalue weighted by molar-refractivity contribution is 6.56. The number of hydrogen-bond donors (Lipinski definition) is 0. The molecule has 2 heteroatoms. The van der Waals surface area contributed by atoms with E-state index in [1.165, 1.54) is 33.2 Å². The fourth-order valence-electron chi connectivity index (χ4n) is 2.73. The van der Waals surface area contributed by atoms with Gasteiger partial charge < -0.3 is 4.90 Å². The molecule has 12 heavy (non-hydrogen) atoms. The highest BCUT2D eigenvalue weighted by Crippen LogP contribution is 2.63. The number of hydrogen-bond acceptors (Lipinski definition) is 1. The van der Waals surface area contributed by atoms with Gasteiger partial charge in [0.25, 0.3) is 0 Å². The third-order valence-corrected chi connectivity index (χ3v) is 4.12. The molecule has 1 atom stereocenters. The van der Waals surface area contributed by atoms with Crippen LogP contribution in [0.5, 0.6) is 0 Å². The molecule has 2 rings (SSSR count). The van der Waals surface area contributed by atoms with Crippen LogP contribution in [0.25, 0.3) is 0 Å². The Labute approximate surface area is 76.8 Å². The normalized spacial score (nSPS) is 33.8. The Balaban J connectivity index is 1.86. The Morgan fingerprint density at radius 1 is 1.33 bits per heavy atom. The first-order chi connectivity index (χ1) is 5.64. The van der Waals surface area contributed by atoms with Gasteiger partial charge in [0, 0.05) is 6.04 Å². The van der Waals surface area contributed by atoms with E-state index in [1.54, 1.807) is 0 Å². The van der Waals surface area contributed by atoms with Crippen molar-refractivity contribution in [1.29, 1.82) is 0 Å². The zero-order valence-electron chi connectivity index (χ0n) is 8.64. The van der Waals surface area contributed by atoms with Gasteiger partial charge in [-0.2, -0.15) is 0 Å². The molecule has 0 aliphatic carbocycles. The van der Waals surface area contributed by atoms with Crippen LogP contribution in [0.1, 0.15) is 33.6 Å². The fourth-order valence-corrected chi connectivity index (χ4v) is 2.73. The molecule has 0 aromatic carbocycles. The molecule has 0 aromatic heterocycles. The molecule has 1 nitrogen and oxygen atoms in total. The molecule has 68 valence electrons. The maximum atomic E-state index is 2.62. The molecule has 2 saturated heterocycles.